The summed E-state index contributed by atoms with van der Waals surface area (Å²) >= 11 is 1.39. The van der Waals surface area contributed by atoms with Gasteiger partial charge in [0.2, 0.25) is 0 Å². The Kier molecular flexibility index (Phi) is 1.97. The summed E-state index contributed by atoms with van der Waals surface area (Å²) in [7, 11) is 0. The van der Waals surface area contributed by atoms with Crippen molar-refractivity contribution in [3.05, 3.63) is 28.6 Å². The molecule has 2 rings (SSSR count). The summed E-state index contributed by atoms with van der Waals surface area (Å²) in [6.07, 6.45) is 2.97. The molecule has 2 heterocycles. The highest BCUT2D eigenvalue weighted by Gasteiger charge is 2.34. The zero-order chi connectivity index (χ0) is 9.31. The largest absolute Gasteiger partial charge is 0.452 e. The highest BCUT2D eigenvalue weighted by atomic mass is 32.1. The molecule has 0 radical (unpaired) electrons. The third-order valence-electron chi connectivity index (χ3n) is 1.79. The van der Waals surface area contributed by atoms with E-state index in [2.05, 4.69) is 4.98 Å². The molecule has 0 aliphatic carbocycles. The summed E-state index contributed by atoms with van der Waals surface area (Å²) in [6.45, 7) is 1.73. The first-order valence-corrected chi connectivity index (χ1v) is 4.69. The van der Waals surface area contributed by atoms with Crippen molar-refractivity contribution < 1.29 is 14.6 Å². The van der Waals surface area contributed by atoms with Crippen LogP contribution in [0, 0.1) is 0 Å². The first kappa shape index (κ1) is 8.52. The van der Waals surface area contributed by atoms with E-state index in [0.717, 1.165) is 0 Å². The molecule has 0 bridgehead atoms. The number of hydrogen-bond donors (Lipinski definition) is 1. The van der Waals surface area contributed by atoms with Crippen LogP contribution in [0.1, 0.15) is 17.6 Å². The average molecular weight is 199 g/mol. The quantitative estimate of drug-likeness (QED) is 0.780. The molecule has 0 amide bonds. The van der Waals surface area contributed by atoms with Gasteiger partial charge in [-0.25, -0.2) is 4.98 Å². The standard InChI is InChI=1S/C8H9NO3S/c1-8(11-2-3-12-8)6-5-13-7(4-10)9-6/h2-3,5,10H,4H2,1H3. The number of hydrogen-bond acceptors (Lipinski definition) is 5. The first-order chi connectivity index (χ1) is 6.24. The minimum absolute atomic E-state index is 0.0474. The van der Waals surface area contributed by atoms with Gasteiger partial charge < -0.3 is 14.6 Å². The number of thiazole rings is 1. The summed E-state index contributed by atoms with van der Waals surface area (Å²) in [5.74, 6) is -0.816. The maximum Gasteiger partial charge on any atom is 0.291 e. The van der Waals surface area contributed by atoms with Gasteiger partial charge in [0.25, 0.3) is 5.79 Å². The molecule has 1 aromatic rings. The molecule has 1 aromatic heterocycles. The van der Waals surface area contributed by atoms with E-state index in [1.54, 1.807) is 6.92 Å². The average Bonchev–Trinajstić information content (AvgIpc) is 2.72. The molecule has 4 nitrogen and oxygen atoms in total. The molecule has 0 fully saturated rings. The van der Waals surface area contributed by atoms with Gasteiger partial charge in [0.15, 0.2) is 0 Å². The van der Waals surface area contributed by atoms with Gasteiger partial charge in [-0.3, -0.25) is 0 Å². The van der Waals surface area contributed by atoms with Crippen LogP contribution in [0.25, 0.3) is 0 Å². The fourth-order valence-corrected chi connectivity index (χ4v) is 1.80. The van der Waals surface area contributed by atoms with Crippen LogP contribution >= 0.6 is 11.3 Å². The van der Waals surface area contributed by atoms with E-state index in [4.69, 9.17) is 14.6 Å². The molecule has 0 atom stereocenters. The summed E-state index contributed by atoms with van der Waals surface area (Å²) in [5, 5.41) is 11.3. The van der Waals surface area contributed by atoms with Gasteiger partial charge in [0.1, 0.15) is 23.2 Å². The summed E-state index contributed by atoms with van der Waals surface area (Å²) in [5.41, 5.74) is 0.687. The summed E-state index contributed by atoms with van der Waals surface area (Å²) in [4.78, 5) is 4.16. The predicted octanol–water partition coefficient (Wildman–Crippen LogP) is 1.33. The minimum Gasteiger partial charge on any atom is -0.452 e. The second kappa shape index (κ2) is 3.01. The lowest BCUT2D eigenvalue weighted by Gasteiger charge is -2.20. The van der Waals surface area contributed by atoms with Gasteiger partial charge in [-0.2, -0.15) is 0 Å². The van der Waals surface area contributed by atoms with Crippen molar-refractivity contribution in [1.29, 1.82) is 0 Å². The zero-order valence-corrected chi connectivity index (χ0v) is 7.87. The first-order valence-electron chi connectivity index (χ1n) is 3.81. The molecule has 0 spiro atoms. The Labute approximate surface area is 79.4 Å². The van der Waals surface area contributed by atoms with Crippen LogP contribution in [0.15, 0.2) is 17.9 Å². The smallest absolute Gasteiger partial charge is 0.291 e. The fraction of sp³-hybridized carbons (Fsp3) is 0.375. The number of rotatable bonds is 2. The van der Waals surface area contributed by atoms with E-state index in [1.165, 1.54) is 23.9 Å². The topological polar surface area (TPSA) is 51.6 Å². The molecule has 5 heteroatoms. The van der Waals surface area contributed by atoms with Crippen LogP contribution in [0.4, 0.5) is 0 Å². The van der Waals surface area contributed by atoms with Crippen LogP contribution < -0.4 is 0 Å². The second-order valence-electron chi connectivity index (χ2n) is 2.74. The Hall–Kier alpha value is -1.07. The van der Waals surface area contributed by atoms with Gasteiger partial charge in [-0.15, -0.1) is 11.3 Å². The SMILES string of the molecule is CC1(c2csc(CO)n2)OC=CO1. The number of nitrogens with zero attached hydrogens (tertiary/aromatic N) is 1. The number of ether oxygens (including phenoxy) is 2. The molecular formula is C8H9NO3S. The van der Waals surface area contributed by atoms with Crippen molar-refractivity contribution in [3.63, 3.8) is 0 Å². The third-order valence-corrected chi connectivity index (χ3v) is 2.63. The number of aliphatic hydroxyl groups excluding tert-OH is 1. The van der Waals surface area contributed by atoms with E-state index in [1.807, 2.05) is 5.38 Å². The van der Waals surface area contributed by atoms with E-state index in [9.17, 15) is 0 Å². The molecule has 0 aromatic carbocycles. The number of aromatic nitrogens is 1. The van der Waals surface area contributed by atoms with Crippen LogP contribution in [0.3, 0.4) is 0 Å². The molecular weight excluding hydrogens is 190 g/mol. The van der Waals surface area contributed by atoms with Crippen molar-refractivity contribution in [2.75, 3.05) is 0 Å². The van der Waals surface area contributed by atoms with Gasteiger partial charge in [-0.05, 0) is 0 Å². The Bertz CT molecular complexity index is 326. The van der Waals surface area contributed by atoms with Crippen molar-refractivity contribution in [3.8, 4) is 0 Å². The normalized spacial score (nSPS) is 18.3. The highest BCUT2D eigenvalue weighted by Crippen LogP contribution is 2.31. The van der Waals surface area contributed by atoms with Crippen LogP contribution in [0.2, 0.25) is 0 Å². The second-order valence-corrected chi connectivity index (χ2v) is 3.68. The molecule has 0 saturated heterocycles. The minimum atomic E-state index is -0.816. The van der Waals surface area contributed by atoms with E-state index >= 15 is 0 Å². The fourth-order valence-electron chi connectivity index (χ4n) is 1.06. The third kappa shape index (κ3) is 1.40. The highest BCUT2D eigenvalue weighted by molar-refractivity contribution is 7.09. The molecule has 0 unspecified atom stereocenters. The van der Waals surface area contributed by atoms with Crippen LogP contribution in [0.5, 0.6) is 0 Å². The lowest BCUT2D eigenvalue weighted by Crippen LogP contribution is -2.22. The van der Waals surface area contributed by atoms with Crippen molar-refractivity contribution in [2.24, 2.45) is 0 Å². The molecule has 1 aliphatic heterocycles. The van der Waals surface area contributed by atoms with Gasteiger partial charge in [-0.1, -0.05) is 0 Å². The lowest BCUT2D eigenvalue weighted by atomic mass is 10.2. The van der Waals surface area contributed by atoms with E-state index < -0.39 is 5.79 Å². The van der Waals surface area contributed by atoms with Crippen molar-refractivity contribution in [2.45, 2.75) is 19.3 Å². The Morgan fingerprint density at radius 2 is 2.23 bits per heavy atom. The van der Waals surface area contributed by atoms with Crippen LogP contribution in [-0.4, -0.2) is 10.1 Å². The Morgan fingerprint density at radius 1 is 1.54 bits per heavy atom. The van der Waals surface area contributed by atoms with Gasteiger partial charge in [0.05, 0.1) is 6.61 Å². The Morgan fingerprint density at radius 3 is 2.77 bits per heavy atom. The maximum absolute atomic E-state index is 8.83. The van der Waals surface area contributed by atoms with Gasteiger partial charge >= 0.3 is 0 Å². The molecule has 0 saturated carbocycles. The predicted molar refractivity (Wildman–Crippen MR) is 46.7 cm³/mol. The monoisotopic (exact) mass is 199 g/mol. The molecule has 13 heavy (non-hydrogen) atoms. The van der Waals surface area contributed by atoms with E-state index in [-0.39, 0.29) is 6.61 Å². The van der Waals surface area contributed by atoms with Crippen molar-refractivity contribution >= 4 is 11.3 Å². The summed E-state index contributed by atoms with van der Waals surface area (Å²) in [6, 6.07) is 0. The summed E-state index contributed by atoms with van der Waals surface area (Å²) < 4.78 is 10.5. The lowest BCUT2D eigenvalue weighted by molar-refractivity contribution is -0.136. The Balaban J connectivity index is 2.24. The maximum atomic E-state index is 8.83. The number of aliphatic hydroxyl groups is 1. The molecule has 1 aliphatic rings. The van der Waals surface area contributed by atoms with Crippen LogP contribution in [-0.2, 0) is 21.9 Å². The van der Waals surface area contributed by atoms with Gasteiger partial charge in [0, 0.05) is 12.3 Å². The zero-order valence-electron chi connectivity index (χ0n) is 7.06. The molecule has 1 N–H and O–H groups in total. The van der Waals surface area contributed by atoms with Crippen molar-refractivity contribution in [1.82, 2.24) is 4.98 Å². The van der Waals surface area contributed by atoms with E-state index in [0.29, 0.717) is 10.7 Å². The molecule has 70 valence electrons.